The summed E-state index contributed by atoms with van der Waals surface area (Å²) in [5.74, 6) is 0.812. The van der Waals surface area contributed by atoms with Crippen LogP contribution in [-0.4, -0.2) is 9.97 Å². The van der Waals surface area contributed by atoms with E-state index in [2.05, 4.69) is 15.3 Å². The molecule has 1 aromatic heterocycles. The Morgan fingerprint density at radius 3 is 2.93 bits per heavy atom. The van der Waals surface area contributed by atoms with Crippen molar-refractivity contribution >= 4 is 11.5 Å². The number of nitrogens with two attached hydrogens (primary N) is 1. The Bertz CT molecular complexity index is 428. The summed E-state index contributed by atoms with van der Waals surface area (Å²) < 4.78 is 0. The first-order valence-electron chi connectivity index (χ1n) is 4.69. The fourth-order valence-corrected chi connectivity index (χ4v) is 1.29. The van der Waals surface area contributed by atoms with E-state index >= 15 is 0 Å². The quantitative estimate of drug-likeness (QED) is 0.740. The zero-order chi connectivity index (χ0) is 10.5. The minimum absolute atomic E-state index is 0.710. The Labute approximate surface area is 88.2 Å². The van der Waals surface area contributed by atoms with Gasteiger partial charge in [-0.1, -0.05) is 12.1 Å². The summed E-state index contributed by atoms with van der Waals surface area (Å²) >= 11 is 0. The van der Waals surface area contributed by atoms with Crippen LogP contribution < -0.4 is 11.1 Å². The molecule has 0 saturated carbocycles. The van der Waals surface area contributed by atoms with Crippen molar-refractivity contribution in [1.29, 1.82) is 0 Å². The lowest BCUT2D eigenvalue weighted by Crippen LogP contribution is -2.01. The van der Waals surface area contributed by atoms with Crippen LogP contribution in [0.3, 0.4) is 0 Å². The smallest absolute Gasteiger partial charge is 0.129 e. The first-order chi connectivity index (χ1) is 7.34. The number of rotatable bonds is 3. The van der Waals surface area contributed by atoms with Crippen LogP contribution in [0.25, 0.3) is 0 Å². The lowest BCUT2D eigenvalue weighted by Gasteiger charge is -2.05. The highest BCUT2D eigenvalue weighted by molar-refractivity contribution is 5.42. The van der Waals surface area contributed by atoms with Crippen LogP contribution in [0.4, 0.5) is 11.5 Å². The molecule has 0 fully saturated rings. The average Bonchev–Trinajstić information content (AvgIpc) is 2.28. The zero-order valence-corrected chi connectivity index (χ0v) is 8.22. The third kappa shape index (κ3) is 2.67. The Hall–Kier alpha value is -2.10. The minimum atomic E-state index is 0.710. The normalized spacial score (nSPS) is 9.87. The van der Waals surface area contributed by atoms with Crippen LogP contribution in [0.15, 0.2) is 42.9 Å². The van der Waals surface area contributed by atoms with Gasteiger partial charge in [0, 0.05) is 18.4 Å². The minimum Gasteiger partial charge on any atom is -0.399 e. The zero-order valence-electron chi connectivity index (χ0n) is 8.22. The van der Waals surface area contributed by atoms with E-state index in [-0.39, 0.29) is 0 Å². The van der Waals surface area contributed by atoms with Gasteiger partial charge in [-0.25, -0.2) is 9.97 Å². The van der Waals surface area contributed by atoms with Crippen molar-refractivity contribution < 1.29 is 0 Å². The molecule has 15 heavy (non-hydrogen) atoms. The maximum Gasteiger partial charge on any atom is 0.129 e. The van der Waals surface area contributed by atoms with Crippen LogP contribution >= 0.6 is 0 Å². The van der Waals surface area contributed by atoms with Gasteiger partial charge in [0.05, 0.1) is 0 Å². The first-order valence-corrected chi connectivity index (χ1v) is 4.69. The molecule has 76 valence electrons. The van der Waals surface area contributed by atoms with Gasteiger partial charge in [-0.05, 0) is 23.8 Å². The van der Waals surface area contributed by atoms with E-state index in [0.717, 1.165) is 17.1 Å². The third-order valence-corrected chi connectivity index (χ3v) is 2.01. The van der Waals surface area contributed by atoms with Gasteiger partial charge < -0.3 is 11.1 Å². The topological polar surface area (TPSA) is 63.8 Å². The molecule has 3 N–H and O–H groups in total. The molecule has 0 aliphatic heterocycles. The van der Waals surface area contributed by atoms with E-state index in [1.54, 1.807) is 6.20 Å². The fourth-order valence-electron chi connectivity index (χ4n) is 1.29. The van der Waals surface area contributed by atoms with Crippen LogP contribution in [0, 0.1) is 0 Å². The summed E-state index contributed by atoms with van der Waals surface area (Å²) in [6, 6.07) is 9.59. The molecule has 4 nitrogen and oxygen atoms in total. The van der Waals surface area contributed by atoms with Crippen molar-refractivity contribution in [3.63, 3.8) is 0 Å². The van der Waals surface area contributed by atoms with Gasteiger partial charge in [0.15, 0.2) is 0 Å². The molecule has 0 unspecified atom stereocenters. The number of benzene rings is 1. The number of aromatic nitrogens is 2. The molecule has 4 heteroatoms. The van der Waals surface area contributed by atoms with Gasteiger partial charge in [0.2, 0.25) is 0 Å². The summed E-state index contributed by atoms with van der Waals surface area (Å²) in [6.07, 6.45) is 3.22. The SMILES string of the molecule is Nc1cccc(CNc2ccncn2)c1. The van der Waals surface area contributed by atoms with Crippen LogP contribution in [-0.2, 0) is 6.54 Å². The summed E-state index contributed by atoms with van der Waals surface area (Å²) in [5.41, 5.74) is 7.58. The van der Waals surface area contributed by atoms with Gasteiger partial charge >= 0.3 is 0 Å². The van der Waals surface area contributed by atoms with E-state index in [1.165, 1.54) is 6.33 Å². The van der Waals surface area contributed by atoms with Gasteiger partial charge in [0.25, 0.3) is 0 Å². The highest BCUT2D eigenvalue weighted by atomic mass is 15.0. The monoisotopic (exact) mass is 200 g/mol. The molecule has 0 amide bonds. The molecule has 2 aromatic rings. The molecule has 1 aromatic carbocycles. The van der Waals surface area contributed by atoms with Gasteiger partial charge in [-0.2, -0.15) is 0 Å². The Kier molecular flexibility index (Phi) is 2.78. The second kappa shape index (κ2) is 4.41. The van der Waals surface area contributed by atoms with Crippen LogP contribution in [0.1, 0.15) is 5.56 Å². The number of nitrogens with one attached hydrogen (secondary N) is 1. The fraction of sp³-hybridized carbons (Fsp3) is 0.0909. The number of anilines is 2. The third-order valence-electron chi connectivity index (χ3n) is 2.01. The molecule has 0 atom stereocenters. The summed E-state index contributed by atoms with van der Waals surface area (Å²) in [7, 11) is 0. The molecule has 0 aliphatic carbocycles. The van der Waals surface area contributed by atoms with Crippen molar-refractivity contribution in [3.8, 4) is 0 Å². The van der Waals surface area contributed by atoms with Crippen LogP contribution in [0.5, 0.6) is 0 Å². The summed E-state index contributed by atoms with van der Waals surface area (Å²) in [4.78, 5) is 7.91. The summed E-state index contributed by atoms with van der Waals surface area (Å²) in [5, 5.41) is 3.18. The molecular weight excluding hydrogens is 188 g/mol. The van der Waals surface area contributed by atoms with Crippen molar-refractivity contribution in [3.05, 3.63) is 48.4 Å². The van der Waals surface area contributed by atoms with Crippen molar-refractivity contribution in [2.75, 3.05) is 11.1 Å². The Morgan fingerprint density at radius 2 is 2.20 bits per heavy atom. The number of nitrogen functional groups attached to an aromatic ring is 1. The lowest BCUT2D eigenvalue weighted by atomic mass is 10.2. The Balaban J connectivity index is 1.99. The van der Waals surface area contributed by atoms with Crippen molar-refractivity contribution in [1.82, 2.24) is 9.97 Å². The largest absolute Gasteiger partial charge is 0.399 e. The number of hydrogen-bond acceptors (Lipinski definition) is 4. The van der Waals surface area contributed by atoms with Crippen LogP contribution in [0.2, 0.25) is 0 Å². The van der Waals surface area contributed by atoms with Gasteiger partial charge in [0.1, 0.15) is 12.1 Å². The van der Waals surface area contributed by atoms with Gasteiger partial charge in [-0.15, -0.1) is 0 Å². The predicted octanol–water partition coefficient (Wildman–Crippen LogP) is 1.67. The molecule has 0 saturated heterocycles. The van der Waals surface area contributed by atoms with Crippen molar-refractivity contribution in [2.24, 2.45) is 0 Å². The number of hydrogen-bond donors (Lipinski definition) is 2. The highest BCUT2D eigenvalue weighted by Crippen LogP contribution is 2.08. The average molecular weight is 200 g/mol. The molecule has 2 rings (SSSR count). The molecular formula is C11H12N4. The first kappa shape index (κ1) is 9.45. The standard InChI is InChI=1S/C11H12N4/c12-10-3-1-2-9(6-10)7-14-11-4-5-13-8-15-11/h1-6,8H,7,12H2,(H,13,14,15). The molecule has 0 aliphatic rings. The van der Waals surface area contributed by atoms with E-state index in [0.29, 0.717) is 6.54 Å². The molecule has 1 heterocycles. The highest BCUT2D eigenvalue weighted by Gasteiger charge is 1.94. The molecule has 0 radical (unpaired) electrons. The predicted molar refractivity (Wildman–Crippen MR) is 60.2 cm³/mol. The van der Waals surface area contributed by atoms with E-state index < -0.39 is 0 Å². The number of nitrogens with zero attached hydrogens (tertiary/aromatic N) is 2. The van der Waals surface area contributed by atoms with E-state index in [9.17, 15) is 0 Å². The Morgan fingerprint density at radius 1 is 1.27 bits per heavy atom. The lowest BCUT2D eigenvalue weighted by molar-refractivity contribution is 1.08. The molecule has 0 spiro atoms. The maximum atomic E-state index is 5.67. The van der Waals surface area contributed by atoms with E-state index in [1.807, 2.05) is 30.3 Å². The van der Waals surface area contributed by atoms with Crippen molar-refractivity contribution in [2.45, 2.75) is 6.54 Å². The second-order valence-corrected chi connectivity index (χ2v) is 3.19. The maximum absolute atomic E-state index is 5.67. The van der Waals surface area contributed by atoms with E-state index in [4.69, 9.17) is 5.73 Å². The van der Waals surface area contributed by atoms with Gasteiger partial charge in [-0.3, -0.25) is 0 Å². The second-order valence-electron chi connectivity index (χ2n) is 3.19. The summed E-state index contributed by atoms with van der Waals surface area (Å²) in [6.45, 7) is 0.710. The molecule has 0 bridgehead atoms.